The van der Waals surface area contributed by atoms with Crippen molar-refractivity contribution in [3.63, 3.8) is 0 Å². The van der Waals surface area contributed by atoms with Crippen molar-refractivity contribution >= 4 is 17.3 Å². The van der Waals surface area contributed by atoms with Gasteiger partial charge >= 0.3 is 6.18 Å². The quantitative estimate of drug-likeness (QED) is 0.502. The molecule has 0 aliphatic carbocycles. The molecule has 2 heterocycles. The van der Waals surface area contributed by atoms with Gasteiger partial charge in [-0.1, -0.05) is 0 Å². The van der Waals surface area contributed by atoms with Crippen LogP contribution in [0.1, 0.15) is 29.3 Å². The molecule has 2 aromatic heterocycles. The highest BCUT2D eigenvalue weighted by Crippen LogP contribution is 2.29. The van der Waals surface area contributed by atoms with Gasteiger partial charge in [0.25, 0.3) is 0 Å². The Labute approximate surface area is 153 Å². The van der Waals surface area contributed by atoms with Crippen LogP contribution in [0.5, 0.6) is 0 Å². The van der Waals surface area contributed by atoms with Gasteiger partial charge in [-0.05, 0) is 24.6 Å². The van der Waals surface area contributed by atoms with Gasteiger partial charge in [-0.3, -0.25) is 9.98 Å². The molecule has 1 unspecified atom stereocenters. The monoisotopic (exact) mass is 387 g/mol. The number of alkyl halides is 3. The van der Waals surface area contributed by atoms with Crippen molar-refractivity contribution in [2.75, 3.05) is 19.6 Å². The lowest BCUT2D eigenvalue weighted by Crippen LogP contribution is -2.38. The molecule has 2 aromatic rings. The maximum Gasteiger partial charge on any atom is 0.434 e. The van der Waals surface area contributed by atoms with Crippen molar-refractivity contribution in [2.45, 2.75) is 25.6 Å². The van der Waals surface area contributed by atoms with Crippen LogP contribution in [0.2, 0.25) is 0 Å². The van der Waals surface area contributed by atoms with Gasteiger partial charge in [0.05, 0.1) is 17.7 Å². The molecule has 0 amide bonds. The first kappa shape index (κ1) is 20.1. The number of nitrogens with one attached hydrogen (secondary N) is 2. The van der Waals surface area contributed by atoms with Gasteiger partial charge in [0.2, 0.25) is 0 Å². The molecule has 26 heavy (non-hydrogen) atoms. The van der Waals surface area contributed by atoms with Crippen LogP contribution in [-0.2, 0) is 12.6 Å². The minimum atomic E-state index is -4.42. The van der Waals surface area contributed by atoms with Gasteiger partial charge in [0, 0.05) is 37.3 Å². The Morgan fingerprint density at radius 2 is 2.04 bits per heavy atom. The maximum atomic E-state index is 12.5. The number of aliphatic hydroxyl groups excluding tert-OH is 1. The van der Waals surface area contributed by atoms with E-state index in [2.05, 4.69) is 25.6 Å². The minimum Gasteiger partial charge on any atom is -0.386 e. The number of thiazole rings is 1. The summed E-state index contributed by atoms with van der Waals surface area (Å²) < 4.78 is 37.6. The van der Waals surface area contributed by atoms with Crippen LogP contribution in [0, 0.1) is 0 Å². The summed E-state index contributed by atoms with van der Waals surface area (Å²) in [5, 5.41) is 17.6. The first-order valence-corrected chi connectivity index (χ1v) is 8.90. The Kier molecular flexibility index (Phi) is 7.34. The zero-order chi connectivity index (χ0) is 19.0. The second-order valence-corrected chi connectivity index (χ2v) is 6.26. The molecular formula is C16H20F3N5OS. The summed E-state index contributed by atoms with van der Waals surface area (Å²) in [6.45, 7) is 3.04. The Morgan fingerprint density at radius 3 is 2.65 bits per heavy atom. The Balaban J connectivity index is 1.86. The number of rotatable bonds is 7. The number of nitrogens with zero attached hydrogens (tertiary/aromatic N) is 3. The first-order chi connectivity index (χ1) is 12.4. The summed E-state index contributed by atoms with van der Waals surface area (Å²) in [7, 11) is 0. The van der Waals surface area contributed by atoms with E-state index in [1.54, 1.807) is 24.5 Å². The zero-order valence-corrected chi connectivity index (χ0v) is 14.9. The third-order valence-electron chi connectivity index (χ3n) is 3.33. The fourth-order valence-electron chi connectivity index (χ4n) is 2.05. The molecule has 0 saturated carbocycles. The summed E-state index contributed by atoms with van der Waals surface area (Å²) in [5.74, 6) is 0.480. The van der Waals surface area contributed by atoms with E-state index in [0.717, 1.165) is 16.7 Å². The molecule has 6 nitrogen and oxygen atoms in total. The number of hydrogen-bond acceptors (Lipinski definition) is 5. The van der Waals surface area contributed by atoms with Gasteiger partial charge in [-0.25, -0.2) is 4.98 Å². The fourth-order valence-corrected chi connectivity index (χ4v) is 2.86. The molecule has 0 aromatic carbocycles. The minimum absolute atomic E-state index is 0.148. The fraction of sp³-hybridized carbons (Fsp3) is 0.438. The van der Waals surface area contributed by atoms with Crippen molar-refractivity contribution < 1.29 is 18.3 Å². The van der Waals surface area contributed by atoms with Crippen LogP contribution in [0.3, 0.4) is 0 Å². The number of guanidine groups is 1. The van der Waals surface area contributed by atoms with E-state index >= 15 is 0 Å². The predicted octanol–water partition coefficient (Wildman–Crippen LogP) is 2.39. The standard InChI is InChI=1S/C16H20F3N5OS/c1-2-21-15(23-9-12(25)11-3-6-20-7-4-11)22-8-5-14-24-13(10-26-14)16(17,18)19/h3-4,6-7,10,12,25H,2,5,8-9H2,1H3,(H2,21,22,23). The van der Waals surface area contributed by atoms with E-state index < -0.39 is 18.0 Å². The van der Waals surface area contributed by atoms with Gasteiger partial charge in [-0.15, -0.1) is 11.3 Å². The highest BCUT2D eigenvalue weighted by Gasteiger charge is 2.33. The van der Waals surface area contributed by atoms with Crippen molar-refractivity contribution in [3.05, 3.63) is 46.2 Å². The van der Waals surface area contributed by atoms with E-state index in [9.17, 15) is 18.3 Å². The highest BCUT2D eigenvalue weighted by atomic mass is 32.1. The normalized spacial score (nSPS) is 13.5. The average molecular weight is 387 g/mol. The molecule has 3 N–H and O–H groups in total. The topological polar surface area (TPSA) is 82.4 Å². The van der Waals surface area contributed by atoms with Crippen molar-refractivity contribution in [2.24, 2.45) is 4.99 Å². The third kappa shape index (κ3) is 6.26. The maximum absolute atomic E-state index is 12.5. The summed E-state index contributed by atoms with van der Waals surface area (Å²) in [6.07, 6.45) is -1.65. The number of halogens is 3. The number of aliphatic hydroxyl groups is 1. The second-order valence-electron chi connectivity index (χ2n) is 5.32. The van der Waals surface area contributed by atoms with Crippen molar-refractivity contribution in [1.82, 2.24) is 20.6 Å². The van der Waals surface area contributed by atoms with E-state index in [4.69, 9.17) is 0 Å². The van der Waals surface area contributed by atoms with E-state index in [1.165, 1.54) is 0 Å². The Hall–Kier alpha value is -2.20. The largest absolute Gasteiger partial charge is 0.434 e. The molecular weight excluding hydrogens is 367 g/mol. The lowest BCUT2D eigenvalue weighted by atomic mass is 10.1. The van der Waals surface area contributed by atoms with Gasteiger partial charge in [0.15, 0.2) is 11.7 Å². The molecule has 10 heteroatoms. The molecule has 1 atom stereocenters. The Bertz CT molecular complexity index is 705. The molecule has 0 bridgehead atoms. The van der Waals surface area contributed by atoms with Crippen molar-refractivity contribution in [1.29, 1.82) is 0 Å². The van der Waals surface area contributed by atoms with Gasteiger partial charge in [-0.2, -0.15) is 13.2 Å². The molecule has 0 spiro atoms. The highest BCUT2D eigenvalue weighted by molar-refractivity contribution is 7.09. The first-order valence-electron chi connectivity index (χ1n) is 8.02. The lowest BCUT2D eigenvalue weighted by molar-refractivity contribution is -0.140. The molecule has 0 saturated heterocycles. The SMILES string of the molecule is CCNC(=NCC(O)c1ccncc1)NCCc1nc(C(F)(F)F)cs1. The van der Waals surface area contributed by atoms with Crippen LogP contribution in [0.25, 0.3) is 0 Å². The number of aliphatic imine (C=N–C) groups is 1. The molecule has 0 aliphatic heterocycles. The van der Waals surface area contributed by atoms with Crippen LogP contribution >= 0.6 is 11.3 Å². The molecule has 142 valence electrons. The molecule has 0 fully saturated rings. The summed E-state index contributed by atoms with van der Waals surface area (Å²) in [5.41, 5.74) is -0.152. The van der Waals surface area contributed by atoms with Gasteiger partial charge < -0.3 is 15.7 Å². The molecule has 0 aliphatic rings. The number of aromatic nitrogens is 2. The lowest BCUT2D eigenvalue weighted by Gasteiger charge is -2.13. The number of pyridine rings is 1. The van der Waals surface area contributed by atoms with Gasteiger partial charge in [0.1, 0.15) is 0 Å². The summed E-state index contributed by atoms with van der Waals surface area (Å²) in [4.78, 5) is 11.8. The smallest absolute Gasteiger partial charge is 0.386 e. The third-order valence-corrected chi connectivity index (χ3v) is 4.24. The average Bonchev–Trinajstić information content (AvgIpc) is 3.09. The molecule has 2 rings (SSSR count). The predicted molar refractivity (Wildman–Crippen MR) is 94.0 cm³/mol. The summed E-state index contributed by atoms with van der Waals surface area (Å²) in [6, 6.07) is 3.42. The van der Waals surface area contributed by atoms with Crippen LogP contribution in [0.15, 0.2) is 34.9 Å². The van der Waals surface area contributed by atoms with E-state index in [1.807, 2.05) is 6.92 Å². The number of hydrogen-bond donors (Lipinski definition) is 3. The van der Waals surface area contributed by atoms with E-state index in [0.29, 0.717) is 36.0 Å². The van der Waals surface area contributed by atoms with Crippen LogP contribution in [0.4, 0.5) is 13.2 Å². The van der Waals surface area contributed by atoms with E-state index in [-0.39, 0.29) is 6.54 Å². The molecule has 0 radical (unpaired) electrons. The van der Waals surface area contributed by atoms with Crippen molar-refractivity contribution in [3.8, 4) is 0 Å². The zero-order valence-electron chi connectivity index (χ0n) is 14.1. The second kappa shape index (κ2) is 9.48. The van der Waals surface area contributed by atoms with Crippen LogP contribution < -0.4 is 10.6 Å². The summed E-state index contributed by atoms with van der Waals surface area (Å²) >= 11 is 0.980. The van der Waals surface area contributed by atoms with Crippen LogP contribution in [-0.4, -0.2) is 40.7 Å². The Morgan fingerprint density at radius 1 is 1.31 bits per heavy atom.